The maximum atomic E-state index is 4.91. The van der Waals surface area contributed by atoms with Crippen molar-refractivity contribution in [3.05, 3.63) is 15.6 Å². The topological polar surface area (TPSA) is 24.9 Å². The summed E-state index contributed by atoms with van der Waals surface area (Å²) in [6, 6.07) is 0.823. The maximum Gasteiger partial charge on any atom is 0.0956 e. The molecule has 1 aromatic rings. The zero-order chi connectivity index (χ0) is 11.8. The third kappa shape index (κ3) is 2.55. The van der Waals surface area contributed by atoms with Crippen molar-refractivity contribution < 1.29 is 0 Å². The van der Waals surface area contributed by atoms with Crippen molar-refractivity contribution in [2.75, 3.05) is 6.54 Å². The van der Waals surface area contributed by atoms with E-state index >= 15 is 0 Å². The third-order valence-corrected chi connectivity index (χ3v) is 5.24. The second-order valence-corrected chi connectivity index (χ2v) is 6.90. The summed E-state index contributed by atoms with van der Waals surface area (Å²) in [5.74, 6) is 1.27. The van der Waals surface area contributed by atoms with Gasteiger partial charge in [-0.3, -0.25) is 0 Å². The fourth-order valence-electron chi connectivity index (χ4n) is 2.57. The largest absolute Gasteiger partial charge is 0.313 e. The van der Waals surface area contributed by atoms with Crippen LogP contribution in [0.1, 0.15) is 66.9 Å². The summed E-state index contributed by atoms with van der Waals surface area (Å²) in [6.07, 6.45) is 6.71. The lowest BCUT2D eigenvalue weighted by Gasteiger charge is -2.21. The molecule has 1 unspecified atom stereocenters. The molecule has 0 aliphatic heterocycles. The molecule has 3 rings (SSSR count). The van der Waals surface area contributed by atoms with E-state index < -0.39 is 0 Å². The molecule has 17 heavy (non-hydrogen) atoms. The van der Waals surface area contributed by atoms with E-state index in [1.807, 2.05) is 11.3 Å². The first-order chi connectivity index (χ1) is 8.24. The van der Waals surface area contributed by atoms with Crippen LogP contribution in [0.15, 0.2) is 0 Å². The fraction of sp³-hybridized carbons (Fsp3) is 0.786. The molecule has 94 valence electrons. The van der Waals surface area contributed by atoms with E-state index in [2.05, 4.69) is 19.2 Å². The van der Waals surface area contributed by atoms with E-state index in [0.717, 1.165) is 12.6 Å². The Hall–Kier alpha value is -0.410. The Morgan fingerprint density at radius 1 is 1.35 bits per heavy atom. The lowest BCUT2D eigenvalue weighted by Crippen LogP contribution is -2.25. The summed E-state index contributed by atoms with van der Waals surface area (Å²) in [7, 11) is 0. The van der Waals surface area contributed by atoms with Gasteiger partial charge in [0.15, 0.2) is 0 Å². The lowest BCUT2D eigenvalue weighted by molar-refractivity contribution is 0.499. The van der Waals surface area contributed by atoms with Gasteiger partial charge in [0.05, 0.1) is 10.7 Å². The predicted octanol–water partition coefficient (Wildman–Crippen LogP) is 3.44. The average Bonchev–Trinajstić information content (AvgIpc) is 3.02. The SMILES string of the molecule is CC(C)c1nc2c(s1)CCCC2CNC1CC1. The highest BCUT2D eigenvalue weighted by molar-refractivity contribution is 7.11. The molecule has 1 heterocycles. The highest BCUT2D eigenvalue weighted by atomic mass is 32.1. The molecule has 0 amide bonds. The van der Waals surface area contributed by atoms with Crippen molar-refractivity contribution in [1.82, 2.24) is 10.3 Å². The van der Waals surface area contributed by atoms with E-state index in [0.29, 0.717) is 11.8 Å². The second-order valence-electron chi connectivity index (χ2n) is 5.79. The summed E-state index contributed by atoms with van der Waals surface area (Å²) < 4.78 is 0. The Morgan fingerprint density at radius 3 is 2.88 bits per heavy atom. The minimum atomic E-state index is 0.586. The van der Waals surface area contributed by atoms with Gasteiger partial charge in [-0.15, -0.1) is 11.3 Å². The molecule has 0 spiro atoms. The van der Waals surface area contributed by atoms with Crippen LogP contribution in [-0.2, 0) is 6.42 Å². The molecule has 1 fully saturated rings. The molecule has 0 saturated heterocycles. The van der Waals surface area contributed by atoms with Crippen LogP contribution < -0.4 is 5.32 Å². The quantitative estimate of drug-likeness (QED) is 0.885. The Bertz CT molecular complexity index is 393. The van der Waals surface area contributed by atoms with Gasteiger partial charge in [0.1, 0.15) is 0 Å². The van der Waals surface area contributed by atoms with Gasteiger partial charge >= 0.3 is 0 Å². The van der Waals surface area contributed by atoms with Gasteiger partial charge in [-0.2, -0.15) is 0 Å². The molecule has 2 aliphatic carbocycles. The summed E-state index contributed by atoms with van der Waals surface area (Å²) in [5.41, 5.74) is 1.43. The molecule has 2 aliphatic rings. The minimum absolute atomic E-state index is 0.586. The van der Waals surface area contributed by atoms with Crippen LogP contribution >= 0.6 is 11.3 Å². The summed E-state index contributed by atoms with van der Waals surface area (Å²) in [6.45, 7) is 5.66. The highest BCUT2D eigenvalue weighted by Gasteiger charge is 2.27. The Labute approximate surface area is 108 Å². The zero-order valence-electron chi connectivity index (χ0n) is 10.8. The first-order valence-corrected chi connectivity index (χ1v) is 7.78. The molecule has 3 heteroatoms. The number of aryl methyl sites for hydroxylation is 1. The minimum Gasteiger partial charge on any atom is -0.313 e. The molecule has 1 saturated carbocycles. The van der Waals surface area contributed by atoms with Gasteiger partial charge in [-0.05, 0) is 32.1 Å². The van der Waals surface area contributed by atoms with E-state index in [1.165, 1.54) is 42.8 Å². The molecule has 1 aromatic heterocycles. The van der Waals surface area contributed by atoms with Crippen LogP contribution in [0, 0.1) is 0 Å². The van der Waals surface area contributed by atoms with Crippen LogP contribution in [0.4, 0.5) is 0 Å². The monoisotopic (exact) mass is 250 g/mol. The van der Waals surface area contributed by atoms with Crippen molar-refractivity contribution in [1.29, 1.82) is 0 Å². The smallest absolute Gasteiger partial charge is 0.0956 e. The molecule has 1 atom stereocenters. The second kappa shape index (κ2) is 4.69. The number of nitrogens with zero attached hydrogens (tertiary/aromatic N) is 1. The molecule has 0 bridgehead atoms. The van der Waals surface area contributed by atoms with Gasteiger partial charge < -0.3 is 5.32 Å². The number of rotatable bonds is 4. The normalized spacial score (nSPS) is 24.1. The molecule has 0 radical (unpaired) electrons. The number of aromatic nitrogens is 1. The van der Waals surface area contributed by atoms with Gasteiger partial charge in [-0.25, -0.2) is 4.98 Å². The molecule has 0 aromatic carbocycles. The number of hydrogen-bond acceptors (Lipinski definition) is 3. The van der Waals surface area contributed by atoms with Crippen molar-refractivity contribution >= 4 is 11.3 Å². The Kier molecular flexibility index (Phi) is 3.22. The average molecular weight is 250 g/mol. The highest BCUT2D eigenvalue weighted by Crippen LogP contribution is 2.36. The van der Waals surface area contributed by atoms with Gasteiger partial charge in [0.25, 0.3) is 0 Å². The summed E-state index contributed by atoms with van der Waals surface area (Å²) >= 11 is 1.96. The number of fused-ring (bicyclic) bond motifs is 1. The maximum absolute atomic E-state index is 4.91. The molecule has 2 nitrogen and oxygen atoms in total. The first-order valence-electron chi connectivity index (χ1n) is 6.97. The van der Waals surface area contributed by atoms with Crippen molar-refractivity contribution in [2.45, 2.75) is 63.8 Å². The third-order valence-electron chi connectivity index (χ3n) is 3.81. The number of nitrogens with one attached hydrogen (secondary N) is 1. The van der Waals surface area contributed by atoms with E-state index in [4.69, 9.17) is 4.98 Å². The van der Waals surface area contributed by atoms with Crippen molar-refractivity contribution in [3.63, 3.8) is 0 Å². The molecular formula is C14H22N2S. The van der Waals surface area contributed by atoms with Gasteiger partial charge in [-0.1, -0.05) is 13.8 Å². The fourth-order valence-corrected chi connectivity index (χ4v) is 3.76. The van der Waals surface area contributed by atoms with Crippen LogP contribution in [-0.4, -0.2) is 17.6 Å². The Balaban J connectivity index is 1.74. The standard InChI is InChI=1S/C14H22N2S/c1-9(2)14-16-13-10(8-15-11-6-7-11)4-3-5-12(13)17-14/h9-11,15H,3-8H2,1-2H3. The Morgan fingerprint density at radius 2 is 2.18 bits per heavy atom. The van der Waals surface area contributed by atoms with Gasteiger partial charge in [0, 0.05) is 29.3 Å². The van der Waals surface area contributed by atoms with Crippen LogP contribution in [0.25, 0.3) is 0 Å². The zero-order valence-corrected chi connectivity index (χ0v) is 11.6. The molecular weight excluding hydrogens is 228 g/mol. The van der Waals surface area contributed by atoms with Crippen molar-refractivity contribution in [2.24, 2.45) is 0 Å². The van der Waals surface area contributed by atoms with Crippen LogP contribution in [0.2, 0.25) is 0 Å². The van der Waals surface area contributed by atoms with Crippen LogP contribution in [0.5, 0.6) is 0 Å². The summed E-state index contributed by atoms with van der Waals surface area (Å²) in [5, 5.41) is 5.01. The number of hydrogen-bond donors (Lipinski definition) is 1. The van der Waals surface area contributed by atoms with E-state index in [9.17, 15) is 0 Å². The van der Waals surface area contributed by atoms with E-state index in [-0.39, 0.29) is 0 Å². The summed E-state index contributed by atoms with van der Waals surface area (Å²) in [4.78, 5) is 6.48. The first kappa shape index (κ1) is 11.7. The van der Waals surface area contributed by atoms with Gasteiger partial charge in [0.2, 0.25) is 0 Å². The number of thiazole rings is 1. The van der Waals surface area contributed by atoms with Crippen molar-refractivity contribution in [3.8, 4) is 0 Å². The van der Waals surface area contributed by atoms with E-state index in [1.54, 1.807) is 4.88 Å². The molecule has 1 N–H and O–H groups in total. The van der Waals surface area contributed by atoms with Crippen LogP contribution in [0.3, 0.4) is 0 Å². The lowest BCUT2D eigenvalue weighted by atomic mass is 9.91. The predicted molar refractivity (Wildman–Crippen MR) is 72.9 cm³/mol.